The van der Waals surface area contributed by atoms with Crippen LogP contribution in [0.1, 0.15) is 11.1 Å². The molecule has 2 rings (SSSR count). The van der Waals surface area contributed by atoms with Gasteiger partial charge in [-0.15, -0.1) is 0 Å². The minimum Gasteiger partial charge on any atom is -0.207 e. The molecule has 0 bridgehead atoms. The van der Waals surface area contributed by atoms with Gasteiger partial charge >= 0.3 is 0 Å². The van der Waals surface area contributed by atoms with Gasteiger partial charge in [-0.1, -0.05) is 34.1 Å². The number of benzene rings is 2. The van der Waals surface area contributed by atoms with Gasteiger partial charge in [0.15, 0.2) is 0 Å². The highest BCUT2D eigenvalue weighted by Gasteiger charge is 2.13. The van der Waals surface area contributed by atoms with Crippen LogP contribution in [0.15, 0.2) is 57.9 Å². The molecule has 2 aromatic rings. The van der Waals surface area contributed by atoms with Gasteiger partial charge in [0, 0.05) is 11.0 Å². The lowest BCUT2D eigenvalue weighted by Gasteiger charge is -2.07. The van der Waals surface area contributed by atoms with Crippen molar-refractivity contribution >= 4 is 26.0 Å². The third kappa shape index (κ3) is 3.67. The average Bonchev–Trinajstić information content (AvgIpc) is 2.46. The first-order chi connectivity index (χ1) is 9.51. The number of halogens is 1. The monoisotopic (exact) mass is 350 g/mol. The fourth-order valence-electron chi connectivity index (χ4n) is 1.59. The van der Waals surface area contributed by atoms with Gasteiger partial charge in [-0.3, -0.25) is 0 Å². The van der Waals surface area contributed by atoms with E-state index in [1.165, 1.54) is 6.07 Å². The Hall–Kier alpha value is -1.68. The van der Waals surface area contributed by atoms with Gasteiger partial charge in [-0.2, -0.15) is 5.26 Å². The first-order valence-corrected chi connectivity index (χ1v) is 8.03. The molecule has 0 amide bonds. The maximum absolute atomic E-state index is 12.1. The van der Waals surface area contributed by atoms with Gasteiger partial charge in [-0.05, 0) is 35.9 Å². The number of nitrogens with one attached hydrogen (secondary N) is 1. The average molecular weight is 351 g/mol. The fourth-order valence-corrected chi connectivity index (χ4v) is 3.21. The van der Waals surface area contributed by atoms with E-state index in [0.717, 1.165) is 5.56 Å². The van der Waals surface area contributed by atoms with E-state index < -0.39 is 10.0 Å². The van der Waals surface area contributed by atoms with Gasteiger partial charge in [0.25, 0.3) is 0 Å². The lowest BCUT2D eigenvalue weighted by molar-refractivity contribution is 0.581. The molecule has 0 unspecified atom stereocenters. The summed E-state index contributed by atoms with van der Waals surface area (Å²) >= 11 is 3.24. The molecule has 0 spiro atoms. The molecule has 4 nitrogen and oxygen atoms in total. The molecule has 0 radical (unpaired) electrons. The molecule has 102 valence electrons. The van der Waals surface area contributed by atoms with Crippen LogP contribution in [0.25, 0.3) is 0 Å². The maximum Gasteiger partial charge on any atom is 0.240 e. The topological polar surface area (TPSA) is 70.0 Å². The summed E-state index contributed by atoms with van der Waals surface area (Å²) in [4.78, 5) is 0.209. The number of sulfonamides is 1. The second kappa shape index (κ2) is 6.18. The molecule has 1 N–H and O–H groups in total. The van der Waals surface area contributed by atoms with E-state index in [4.69, 9.17) is 5.26 Å². The van der Waals surface area contributed by atoms with E-state index in [-0.39, 0.29) is 11.4 Å². The summed E-state index contributed by atoms with van der Waals surface area (Å²) in [5, 5.41) is 8.70. The Morgan fingerprint density at radius 2 is 1.85 bits per heavy atom. The van der Waals surface area contributed by atoms with E-state index >= 15 is 0 Å². The van der Waals surface area contributed by atoms with Crippen molar-refractivity contribution in [1.82, 2.24) is 4.72 Å². The normalized spacial score (nSPS) is 11.0. The summed E-state index contributed by atoms with van der Waals surface area (Å²) in [5.41, 5.74) is 1.34. The Morgan fingerprint density at radius 3 is 2.45 bits per heavy atom. The first-order valence-electron chi connectivity index (χ1n) is 5.75. The molecular formula is C14H11BrN2O2S. The minimum absolute atomic E-state index is 0.181. The standard InChI is InChI=1S/C14H11BrN2O2S/c15-13-2-1-3-14(8-13)20(18,19)17-10-12-6-4-11(9-16)5-7-12/h1-8,17H,10H2. The lowest BCUT2D eigenvalue weighted by Crippen LogP contribution is -2.23. The van der Waals surface area contributed by atoms with Crippen molar-refractivity contribution in [2.24, 2.45) is 0 Å². The summed E-state index contributed by atoms with van der Waals surface area (Å²) in [6.45, 7) is 0.181. The molecule has 0 saturated heterocycles. The predicted octanol–water partition coefficient (Wildman–Crippen LogP) is 2.80. The number of nitriles is 1. The number of nitrogens with zero attached hydrogens (tertiary/aromatic N) is 1. The predicted molar refractivity (Wildman–Crippen MR) is 79.3 cm³/mol. The highest BCUT2D eigenvalue weighted by molar-refractivity contribution is 9.10. The number of hydrogen-bond donors (Lipinski definition) is 1. The van der Waals surface area contributed by atoms with Crippen LogP contribution in [-0.4, -0.2) is 8.42 Å². The Labute approximate surface area is 126 Å². The molecule has 0 heterocycles. The third-order valence-electron chi connectivity index (χ3n) is 2.66. The summed E-state index contributed by atoms with van der Waals surface area (Å²) in [7, 11) is -3.54. The minimum atomic E-state index is -3.54. The van der Waals surface area contributed by atoms with Crippen molar-refractivity contribution in [1.29, 1.82) is 5.26 Å². The third-order valence-corrected chi connectivity index (χ3v) is 4.55. The second-order valence-corrected chi connectivity index (χ2v) is 6.77. The molecule has 2 aromatic carbocycles. The first kappa shape index (κ1) is 14.7. The molecule has 0 aliphatic rings. The number of rotatable bonds is 4. The Bertz CT molecular complexity index is 749. The van der Waals surface area contributed by atoms with Crippen LogP contribution in [-0.2, 0) is 16.6 Å². The van der Waals surface area contributed by atoms with Crippen LogP contribution < -0.4 is 4.72 Å². The van der Waals surface area contributed by atoms with Crippen molar-refractivity contribution < 1.29 is 8.42 Å². The van der Waals surface area contributed by atoms with Crippen LogP contribution in [0.4, 0.5) is 0 Å². The van der Waals surface area contributed by atoms with Gasteiger partial charge in [0.2, 0.25) is 10.0 Å². The zero-order valence-corrected chi connectivity index (χ0v) is 12.8. The summed E-state index contributed by atoms with van der Waals surface area (Å²) in [6, 6.07) is 15.3. The molecule has 0 saturated carbocycles. The van der Waals surface area contributed by atoms with E-state index in [0.29, 0.717) is 10.0 Å². The maximum atomic E-state index is 12.1. The van der Waals surface area contributed by atoms with Crippen molar-refractivity contribution in [3.05, 3.63) is 64.1 Å². The van der Waals surface area contributed by atoms with Crippen LogP contribution in [0.2, 0.25) is 0 Å². The van der Waals surface area contributed by atoms with E-state index in [1.54, 1.807) is 42.5 Å². The largest absolute Gasteiger partial charge is 0.240 e. The van der Waals surface area contributed by atoms with Gasteiger partial charge in [0.05, 0.1) is 16.5 Å². The van der Waals surface area contributed by atoms with E-state index in [2.05, 4.69) is 20.7 Å². The van der Waals surface area contributed by atoms with E-state index in [9.17, 15) is 8.42 Å². The van der Waals surface area contributed by atoms with Crippen LogP contribution in [0.3, 0.4) is 0 Å². The molecule has 0 aliphatic carbocycles. The summed E-state index contributed by atoms with van der Waals surface area (Å²) in [6.07, 6.45) is 0. The molecule has 0 fully saturated rings. The SMILES string of the molecule is N#Cc1ccc(CNS(=O)(=O)c2cccc(Br)c2)cc1. The van der Waals surface area contributed by atoms with Gasteiger partial charge < -0.3 is 0 Å². The second-order valence-electron chi connectivity index (χ2n) is 4.09. The van der Waals surface area contributed by atoms with Gasteiger partial charge in [0.1, 0.15) is 0 Å². The zero-order valence-electron chi connectivity index (χ0n) is 10.4. The Morgan fingerprint density at radius 1 is 1.15 bits per heavy atom. The molecule has 0 aliphatic heterocycles. The molecule has 20 heavy (non-hydrogen) atoms. The van der Waals surface area contributed by atoms with Crippen molar-refractivity contribution in [3.8, 4) is 6.07 Å². The summed E-state index contributed by atoms with van der Waals surface area (Å²) < 4.78 is 27.4. The highest BCUT2D eigenvalue weighted by Crippen LogP contribution is 2.16. The highest BCUT2D eigenvalue weighted by atomic mass is 79.9. The van der Waals surface area contributed by atoms with Crippen molar-refractivity contribution in [2.45, 2.75) is 11.4 Å². The molecule has 0 aromatic heterocycles. The quantitative estimate of drug-likeness (QED) is 0.921. The fraction of sp³-hybridized carbons (Fsp3) is 0.0714. The number of hydrogen-bond acceptors (Lipinski definition) is 3. The zero-order chi connectivity index (χ0) is 14.6. The van der Waals surface area contributed by atoms with E-state index in [1.807, 2.05) is 6.07 Å². The summed E-state index contributed by atoms with van der Waals surface area (Å²) in [5.74, 6) is 0. The molecule has 0 atom stereocenters. The van der Waals surface area contributed by atoms with Crippen LogP contribution >= 0.6 is 15.9 Å². The molecule has 6 heteroatoms. The smallest absolute Gasteiger partial charge is 0.207 e. The van der Waals surface area contributed by atoms with Gasteiger partial charge in [-0.25, -0.2) is 13.1 Å². The molecular weight excluding hydrogens is 340 g/mol. The Kier molecular flexibility index (Phi) is 4.55. The van der Waals surface area contributed by atoms with Crippen LogP contribution in [0, 0.1) is 11.3 Å². The van der Waals surface area contributed by atoms with Crippen molar-refractivity contribution in [3.63, 3.8) is 0 Å². The van der Waals surface area contributed by atoms with Crippen LogP contribution in [0.5, 0.6) is 0 Å². The Balaban J connectivity index is 2.11. The van der Waals surface area contributed by atoms with Crippen molar-refractivity contribution in [2.75, 3.05) is 0 Å². The lowest BCUT2D eigenvalue weighted by atomic mass is 10.1.